The van der Waals surface area contributed by atoms with Crippen molar-refractivity contribution < 1.29 is 0 Å². The Labute approximate surface area is 107 Å². The molecule has 2 aromatic heterocycles. The topological polar surface area (TPSA) is 4.41 Å². The predicted octanol–water partition coefficient (Wildman–Crippen LogP) is 5.10. The summed E-state index contributed by atoms with van der Waals surface area (Å²) in [5.41, 5.74) is 2.65. The number of para-hydroxylation sites is 2. The van der Waals surface area contributed by atoms with Crippen LogP contribution >= 0.6 is 0 Å². The molecule has 0 fully saturated rings. The van der Waals surface area contributed by atoms with Crippen LogP contribution in [0.4, 0.5) is 0 Å². The molecule has 0 aliphatic carbocycles. The van der Waals surface area contributed by atoms with E-state index in [9.17, 15) is 0 Å². The second-order valence-corrected chi connectivity index (χ2v) is 4.65. The zero-order chi connectivity index (χ0) is 12.5. The molecule has 0 bridgehead atoms. The lowest BCUT2D eigenvalue weighted by Crippen LogP contribution is -1.73. The summed E-state index contributed by atoms with van der Waals surface area (Å²) < 4.78 is 2.28. The normalized spacial score (nSPS) is 11.0. The molecule has 0 saturated carbocycles. The Morgan fingerprint density at radius 3 is 2.39 bits per heavy atom. The summed E-state index contributed by atoms with van der Waals surface area (Å²) in [5.74, 6) is 0. The number of nitrogens with zero attached hydrogens (tertiary/aromatic N) is 1. The molecule has 0 N–H and O–H groups in total. The molecule has 2 heterocycles. The molecule has 0 spiro atoms. The van der Waals surface area contributed by atoms with E-state index in [1.54, 1.807) is 0 Å². The van der Waals surface area contributed by atoms with Crippen LogP contribution in [0.2, 0.25) is 0 Å². The number of hydrogen-bond acceptors (Lipinski definition) is 0. The lowest BCUT2D eigenvalue weighted by molar-refractivity contribution is 1.09. The van der Waals surface area contributed by atoms with Crippen molar-refractivity contribution in [1.29, 1.82) is 0 Å². The highest BCUT2D eigenvalue weighted by Crippen LogP contribution is 2.31. The third-order valence-corrected chi connectivity index (χ3v) is 3.17. The fraction of sp³-hybridized carbons (Fsp3) is 0.176. The molecule has 1 heteroatoms. The van der Waals surface area contributed by atoms with Gasteiger partial charge in [-0.15, -0.1) is 0 Å². The van der Waals surface area contributed by atoms with E-state index in [4.69, 9.17) is 0 Å². The molecule has 4 aromatic rings. The fourth-order valence-corrected chi connectivity index (χ4v) is 2.52. The second kappa shape index (κ2) is 4.34. The summed E-state index contributed by atoms with van der Waals surface area (Å²) in [7, 11) is 0. The predicted molar refractivity (Wildman–Crippen MR) is 79.6 cm³/mol. The summed E-state index contributed by atoms with van der Waals surface area (Å²) in [6.07, 6.45) is 3.40. The van der Waals surface area contributed by atoms with E-state index in [0.29, 0.717) is 0 Å². The van der Waals surface area contributed by atoms with Crippen molar-refractivity contribution in [2.75, 3.05) is 0 Å². The largest absolute Gasteiger partial charge is 0.315 e. The minimum atomic E-state index is 1.25. The molecular formula is C17H17N. The van der Waals surface area contributed by atoms with Crippen LogP contribution < -0.4 is 0 Å². The first-order chi connectivity index (χ1) is 8.86. The first-order valence-corrected chi connectivity index (χ1v) is 6.56. The SMILES string of the molecule is CCC.c1ccc2c(c1)c1cccc3ccn2c31. The first-order valence-electron chi connectivity index (χ1n) is 6.56. The van der Waals surface area contributed by atoms with Crippen LogP contribution in [0, 0.1) is 0 Å². The van der Waals surface area contributed by atoms with Crippen molar-refractivity contribution in [3.8, 4) is 0 Å². The van der Waals surface area contributed by atoms with Gasteiger partial charge in [-0.1, -0.05) is 56.7 Å². The summed E-state index contributed by atoms with van der Waals surface area (Å²) >= 11 is 0. The van der Waals surface area contributed by atoms with Crippen LogP contribution in [0.15, 0.2) is 54.7 Å². The standard InChI is InChI=1S/C14H9N.C3H8/c1-2-7-13-11(5-1)12-6-3-4-10-8-9-15(13)14(10)12;1-3-2/h1-9H;3H2,1-2H3. The van der Waals surface area contributed by atoms with Crippen LogP contribution in [0.3, 0.4) is 0 Å². The molecule has 0 saturated heterocycles. The molecule has 0 unspecified atom stereocenters. The number of aromatic nitrogens is 1. The van der Waals surface area contributed by atoms with Gasteiger partial charge in [0.15, 0.2) is 0 Å². The van der Waals surface area contributed by atoms with Gasteiger partial charge in [-0.2, -0.15) is 0 Å². The number of benzene rings is 2. The zero-order valence-corrected chi connectivity index (χ0v) is 10.9. The lowest BCUT2D eigenvalue weighted by Gasteiger charge is -1.90. The van der Waals surface area contributed by atoms with Gasteiger partial charge in [0.25, 0.3) is 0 Å². The van der Waals surface area contributed by atoms with Crippen LogP contribution in [0.1, 0.15) is 20.3 Å². The Morgan fingerprint density at radius 1 is 0.833 bits per heavy atom. The fourth-order valence-electron chi connectivity index (χ4n) is 2.52. The highest BCUT2D eigenvalue weighted by atomic mass is 14.9. The molecule has 2 aromatic carbocycles. The van der Waals surface area contributed by atoms with Crippen molar-refractivity contribution in [3.05, 3.63) is 54.7 Å². The average Bonchev–Trinajstić information content (AvgIpc) is 2.96. The van der Waals surface area contributed by atoms with E-state index >= 15 is 0 Å². The number of hydrogen-bond donors (Lipinski definition) is 0. The van der Waals surface area contributed by atoms with E-state index in [0.717, 1.165) is 0 Å². The second-order valence-electron chi connectivity index (χ2n) is 4.65. The van der Waals surface area contributed by atoms with Crippen molar-refractivity contribution in [2.24, 2.45) is 0 Å². The van der Waals surface area contributed by atoms with Gasteiger partial charge in [-0.3, -0.25) is 0 Å². The zero-order valence-electron chi connectivity index (χ0n) is 10.9. The average molecular weight is 235 g/mol. The van der Waals surface area contributed by atoms with Gasteiger partial charge in [-0.25, -0.2) is 0 Å². The van der Waals surface area contributed by atoms with Crippen molar-refractivity contribution in [1.82, 2.24) is 4.40 Å². The van der Waals surface area contributed by atoms with E-state index in [1.807, 2.05) is 0 Å². The summed E-state index contributed by atoms with van der Waals surface area (Å²) in [6.45, 7) is 4.25. The molecule has 0 amide bonds. The highest BCUT2D eigenvalue weighted by Gasteiger charge is 2.09. The molecule has 0 aliphatic heterocycles. The monoisotopic (exact) mass is 235 g/mol. The number of fused-ring (bicyclic) bond motifs is 3. The quantitative estimate of drug-likeness (QED) is 0.399. The molecule has 1 nitrogen and oxygen atoms in total. The first kappa shape index (κ1) is 11.1. The van der Waals surface area contributed by atoms with Crippen LogP contribution in [-0.2, 0) is 0 Å². The number of rotatable bonds is 0. The summed E-state index contributed by atoms with van der Waals surface area (Å²) in [5, 5.41) is 4.02. The van der Waals surface area contributed by atoms with Crippen molar-refractivity contribution in [2.45, 2.75) is 20.3 Å². The van der Waals surface area contributed by atoms with E-state index in [1.165, 1.54) is 33.6 Å². The Hall–Kier alpha value is -2.02. The summed E-state index contributed by atoms with van der Waals surface area (Å²) in [6, 6.07) is 17.2. The molecule has 4 rings (SSSR count). The van der Waals surface area contributed by atoms with E-state index in [-0.39, 0.29) is 0 Å². The van der Waals surface area contributed by atoms with Crippen LogP contribution in [0.25, 0.3) is 27.2 Å². The van der Waals surface area contributed by atoms with Gasteiger partial charge in [0.05, 0.1) is 11.0 Å². The third kappa shape index (κ3) is 1.47. The Bertz CT molecular complexity index is 758. The Balaban J connectivity index is 0.000000307. The van der Waals surface area contributed by atoms with Gasteiger partial charge in [0, 0.05) is 22.4 Å². The molecule has 18 heavy (non-hydrogen) atoms. The van der Waals surface area contributed by atoms with E-state index in [2.05, 4.69) is 73.0 Å². The molecule has 90 valence electrons. The molecule has 0 radical (unpaired) electrons. The third-order valence-electron chi connectivity index (χ3n) is 3.17. The van der Waals surface area contributed by atoms with Crippen molar-refractivity contribution in [3.63, 3.8) is 0 Å². The maximum Gasteiger partial charge on any atom is 0.0607 e. The molecular weight excluding hydrogens is 218 g/mol. The lowest BCUT2D eigenvalue weighted by atomic mass is 10.1. The van der Waals surface area contributed by atoms with Crippen molar-refractivity contribution >= 4 is 27.2 Å². The maximum absolute atomic E-state index is 2.28. The van der Waals surface area contributed by atoms with Gasteiger partial charge in [0.2, 0.25) is 0 Å². The molecule has 0 aliphatic rings. The van der Waals surface area contributed by atoms with Crippen LogP contribution in [0.5, 0.6) is 0 Å². The molecule has 0 atom stereocenters. The minimum Gasteiger partial charge on any atom is -0.315 e. The maximum atomic E-state index is 2.28. The highest BCUT2D eigenvalue weighted by molar-refractivity contribution is 6.14. The summed E-state index contributed by atoms with van der Waals surface area (Å²) in [4.78, 5) is 0. The van der Waals surface area contributed by atoms with Gasteiger partial charge in [0.1, 0.15) is 0 Å². The van der Waals surface area contributed by atoms with Gasteiger partial charge < -0.3 is 4.40 Å². The Kier molecular flexibility index (Phi) is 2.67. The minimum absolute atomic E-state index is 1.25. The Morgan fingerprint density at radius 2 is 1.56 bits per heavy atom. The van der Waals surface area contributed by atoms with E-state index < -0.39 is 0 Å². The smallest absolute Gasteiger partial charge is 0.0607 e. The van der Waals surface area contributed by atoms with Gasteiger partial charge >= 0.3 is 0 Å². The van der Waals surface area contributed by atoms with Crippen LogP contribution in [-0.4, -0.2) is 4.40 Å². The van der Waals surface area contributed by atoms with Gasteiger partial charge in [-0.05, 0) is 12.1 Å².